The number of rotatable bonds is 9. The highest BCUT2D eigenvalue weighted by molar-refractivity contribution is 7.92. The van der Waals surface area contributed by atoms with Crippen molar-refractivity contribution in [1.29, 1.82) is 5.26 Å². The van der Waals surface area contributed by atoms with Gasteiger partial charge in [-0.1, -0.05) is 24.3 Å². The molecule has 2 unspecified atom stereocenters. The Kier molecular flexibility index (Phi) is 7.89. The Morgan fingerprint density at radius 1 is 1.05 bits per heavy atom. The SMILES string of the molecule is N#Cc1ccc(NS(=O)(=O)c2ccc(-c3ccc4c(c3)CCC(CNCC(O)c3cccnc3)O4)cc2)cc1. The molecule has 2 heterocycles. The van der Waals surface area contributed by atoms with Crippen molar-refractivity contribution in [2.75, 3.05) is 17.8 Å². The summed E-state index contributed by atoms with van der Waals surface area (Å²) in [7, 11) is -3.76. The molecule has 1 aromatic heterocycles. The van der Waals surface area contributed by atoms with Gasteiger partial charge in [-0.05, 0) is 84.1 Å². The molecular formula is C30H28N4O4S. The molecule has 1 aliphatic rings. The molecule has 1 aliphatic heterocycles. The maximum absolute atomic E-state index is 12.8. The van der Waals surface area contributed by atoms with E-state index in [4.69, 9.17) is 10.00 Å². The van der Waals surface area contributed by atoms with E-state index in [1.165, 1.54) is 0 Å². The maximum Gasteiger partial charge on any atom is 0.261 e. The minimum absolute atomic E-state index is 0.0116. The monoisotopic (exact) mass is 540 g/mol. The topological polar surface area (TPSA) is 124 Å². The molecular weight excluding hydrogens is 512 g/mol. The van der Waals surface area contributed by atoms with Gasteiger partial charge in [-0.3, -0.25) is 9.71 Å². The number of nitriles is 1. The number of anilines is 1. The second-order valence-corrected chi connectivity index (χ2v) is 11.1. The Bertz CT molecular complexity index is 1570. The first-order valence-electron chi connectivity index (χ1n) is 12.6. The summed E-state index contributed by atoms with van der Waals surface area (Å²) in [5.74, 6) is 0.843. The van der Waals surface area contributed by atoms with Crippen LogP contribution >= 0.6 is 0 Å². The van der Waals surface area contributed by atoms with E-state index in [0.29, 0.717) is 24.3 Å². The number of fused-ring (bicyclic) bond motifs is 1. The van der Waals surface area contributed by atoms with Crippen molar-refractivity contribution in [2.24, 2.45) is 0 Å². The molecule has 8 nitrogen and oxygen atoms in total. The van der Waals surface area contributed by atoms with Crippen LogP contribution < -0.4 is 14.8 Å². The number of hydrogen-bond donors (Lipinski definition) is 3. The van der Waals surface area contributed by atoms with Gasteiger partial charge in [-0.2, -0.15) is 5.26 Å². The second kappa shape index (κ2) is 11.7. The molecule has 0 spiro atoms. The summed E-state index contributed by atoms with van der Waals surface area (Å²) in [5.41, 5.74) is 4.63. The quantitative estimate of drug-likeness (QED) is 0.287. The van der Waals surface area contributed by atoms with Crippen LogP contribution in [0.3, 0.4) is 0 Å². The number of aryl methyl sites for hydroxylation is 1. The number of hydrogen-bond acceptors (Lipinski definition) is 7. The maximum atomic E-state index is 12.8. The van der Waals surface area contributed by atoms with Crippen LogP contribution in [0.1, 0.15) is 29.2 Å². The van der Waals surface area contributed by atoms with Gasteiger partial charge >= 0.3 is 0 Å². The summed E-state index contributed by atoms with van der Waals surface area (Å²) in [6, 6.07) is 24.7. The van der Waals surface area contributed by atoms with Gasteiger partial charge in [0.15, 0.2) is 0 Å². The molecule has 0 fully saturated rings. The Balaban J connectivity index is 1.18. The van der Waals surface area contributed by atoms with Crippen molar-refractivity contribution in [3.8, 4) is 22.9 Å². The minimum atomic E-state index is -3.76. The molecule has 9 heteroatoms. The summed E-state index contributed by atoms with van der Waals surface area (Å²) in [4.78, 5) is 4.20. The molecule has 0 aliphatic carbocycles. The standard InChI is InChI=1S/C30H28N4O4S/c31-17-21-3-9-26(10-4-21)34-39(36,37)28-12-6-22(7-13-28)23-8-14-30-24(16-23)5-11-27(38-30)19-33-20-29(35)25-2-1-15-32-18-25/h1-4,6-10,12-16,18,27,29,33-35H,5,11,19-20H2. The van der Waals surface area contributed by atoms with E-state index in [2.05, 4.69) is 21.1 Å². The highest BCUT2D eigenvalue weighted by atomic mass is 32.2. The fourth-order valence-electron chi connectivity index (χ4n) is 4.49. The number of nitrogens with zero attached hydrogens (tertiary/aromatic N) is 2. The number of ether oxygens (including phenoxy) is 1. The van der Waals surface area contributed by atoms with E-state index in [1.54, 1.807) is 67.0 Å². The number of aromatic nitrogens is 1. The van der Waals surface area contributed by atoms with Crippen LogP contribution in [0.25, 0.3) is 11.1 Å². The van der Waals surface area contributed by atoms with Gasteiger partial charge in [0.05, 0.1) is 22.6 Å². The Labute approximate surface area is 228 Å². The van der Waals surface area contributed by atoms with Crippen molar-refractivity contribution >= 4 is 15.7 Å². The van der Waals surface area contributed by atoms with Crippen molar-refractivity contribution in [1.82, 2.24) is 10.3 Å². The van der Waals surface area contributed by atoms with Gasteiger partial charge < -0.3 is 15.2 Å². The van der Waals surface area contributed by atoms with Gasteiger partial charge in [0.1, 0.15) is 11.9 Å². The third kappa shape index (κ3) is 6.44. The van der Waals surface area contributed by atoms with Crippen LogP contribution in [-0.2, 0) is 16.4 Å². The minimum Gasteiger partial charge on any atom is -0.489 e. The number of pyridine rings is 1. The molecule has 0 saturated heterocycles. The fraction of sp³-hybridized carbons (Fsp3) is 0.200. The lowest BCUT2D eigenvalue weighted by Gasteiger charge is -2.27. The zero-order valence-corrected chi connectivity index (χ0v) is 21.9. The van der Waals surface area contributed by atoms with Crippen LogP contribution in [0.4, 0.5) is 5.69 Å². The van der Waals surface area contributed by atoms with Crippen LogP contribution in [0.15, 0.2) is 96.2 Å². The smallest absolute Gasteiger partial charge is 0.261 e. The van der Waals surface area contributed by atoms with Crippen LogP contribution in [0.5, 0.6) is 5.75 Å². The van der Waals surface area contributed by atoms with Crippen LogP contribution in [-0.4, -0.2) is 37.7 Å². The van der Waals surface area contributed by atoms with E-state index in [0.717, 1.165) is 40.8 Å². The fourth-order valence-corrected chi connectivity index (χ4v) is 5.55. The summed E-state index contributed by atoms with van der Waals surface area (Å²) < 4.78 is 34.3. The second-order valence-electron chi connectivity index (χ2n) is 9.38. The average Bonchev–Trinajstić information content (AvgIpc) is 2.97. The summed E-state index contributed by atoms with van der Waals surface area (Å²) in [6.07, 6.45) is 4.45. The number of sulfonamides is 1. The average molecular weight is 541 g/mol. The zero-order valence-electron chi connectivity index (χ0n) is 21.1. The van der Waals surface area contributed by atoms with Gasteiger partial charge in [-0.25, -0.2) is 8.42 Å². The van der Waals surface area contributed by atoms with Crippen molar-refractivity contribution in [3.63, 3.8) is 0 Å². The lowest BCUT2D eigenvalue weighted by Crippen LogP contribution is -2.36. The van der Waals surface area contributed by atoms with E-state index in [1.807, 2.05) is 24.3 Å². The number of benzene rings is 3. The first kappa shape index (κ1) is 26.4. The largest absolute Gasteiger partial charge is 0.489 e. The molecule has 3 aromatic carbocycles. The van der Waals surface area contributed by atoms with E-state index < -0.39 is 16.1 Å². The number of nitrogens with one attached hydrogen (secondary N) is 2. The molecule has 198 valence electrons. The molecule has 0 radical (unpaired) electrons. The third-order valence-electron chi connectivity index (χ3n) is 6.63. The summed E-state index contributed by atoms with van der Waals surface area (Å²) in [5, 5.41) is 22.5. The van der Waals surface area contributed by atoms with Gasteiger partial charge in [-0.15, -0.1) is 0 Å². The highest BCUT2D eigenvalue weighted by Gasteiger charge is 2.21. The van der Waals surface area contributed by atoms with E-state index in [9.17, 15) is 13.5 Å². The van der Waals surface area contributed by atoms with Crippen LogP contribution in [0, 0.1) is 11.3 Å². The van der Waals surface area contributed by atoms with E-state index >= 15 is 0 Å². The predicted molar refractivity (Wildman–Crippen MR) is 149 cm³/mol. The lowest BCUT2D eigenvalue weighted by atomic mass is 9.97. The summed E-state index contributed by atoms with van der Waals surface area (Å²) >= 11 is 0. The van der Waals surface area contributed by atoms with Crippen LogP contribution in [0.2, 0.25) is 0 Å². The van der Waals surface area contributed by atoms with Gasteiger partial charge in [0, 0.05) is 36.7 Å². The molecule has 4 aromatic rings. The van der Waals surface area contributed by atoms with E-state index in [-0.39, 0.29) is 11.0 Å². The predicted octanol–water partition coefficient (Wildman–Crippen LogP) is 4.44. The third-order valence-corrected chi connectivity index (χ3v) is 8.03. The molecule has 5 rings (SSSR count). The van der Waals surface area contributed by atoms with Gasteiger partial charge in [0.25, 0.3) is 10.0 Å². The summed E-state index contributed by atoms with van der Waals surface area (Å²) in [6.45, 7) is 1.05. The number of aliphatic hydroxyl groups is 1. The first-order valence-corrected chi connectivity index (χ1v) is 14.1. The first-order chi connectivity index (χ1) is 18.9. The normalized spacial score (nSPS) is 15.4. The molecule has 0 bridgehead atoms. The Hall–Kier alpha value is -4.23. The van der Waals surface area contributed by atoms with Crippen molar-refractivity contribution in [3.05, 3.63) is 108 Å². The number of aliphatic hydroxyl groups excluding tert-OH is 1. The Morgan fingerprint density at radius 3 is 2.54 bits per heavy atom. The molecule has 39 heavy (non-hydrogen) atoms. The Morgan fingerprint density at radius 2 is 1.82 bits per heavy atom. The molecule has 3 N–H and O–H groups in total. The highest BCUT2D eigenvalue weighted by Crippen LogP contribution is 2.32. The van der Waals surface area contributed by atoms with Gasteiger partial charge in [0.2, 0.25) is 0 Å². The van der Waals surface area contributed by atoms with Crippen molar-refractivity contribution in [2.45, 2.75) is 29.9 Å². The molecule has 0 amide bonds. The molecule has 2 atom stereocenters. The van der Waals surface area contributed by atoms with Crippen molar-refractivity contribution < 1.29 is 18.3 Å². The zero-order chi connectivity index (χ0) is 27.2. The molecule has 0 saturated carbocycles. The lowest BCUT2D eigenvalue weighted by molar-refractivity contribution is 0.146.